The predicted molar refractivity (Wildman–Crippen MR) is 78.5 cm³/mol. The van der Waals surface area contributed by atoms with Crippen LogP contribution in [-0.4, -0.2) is 22.0 Å². The van der Waals surface area contributed by atoms with Gasteiger partial charge in [-0.25, -0.2) is 9.97 Å². The summed E-state index contributed by atoms with van der Waals surface area (Å²) in [5, 5.41) is 1.13. The second kappa shape index (κ2) is 4.93. The van der Waals surface area contributed by atoms with Crippen LogP contribution in [0.5, 0.6) is 0 Å². The molecular weight excluding hydrogens is 256 g/mol. The standard InChI is InChI=1S/C14H14N4S/c1-10-7-12-13(16-9-17-14(12)19-10)18(2)8-11-3-5-15-6-4-11/h3-7,9H,8H2,1-2H3. The molecule has 0 saturated heterocycles. The van der Waals surface area contributed by atoms with Gasteiger partial charge in [0.1, 0.15) is 17.0 Å². The Balaban J connectivity index is 1.95. The minimum absolute atomic E-state index is 0.809. The molecular formula is C14H14N4S. The number of anilines is 1. The predicted octanol–water partition coefficient (Wildman–Crippen LogP) is 3.03. The Bertz CT molecular complexity index is 693. The molecule has 0 aromatic carbocycles. The second-order valence-electron chi connectivity index (χ2n) is 4.48. The minimum Gasteiger partial charge on any atom is -0.355 e. The summed E-state index contributed by atoms with van der Waals surface area (Å²) in [7, 11) is 2.05. The first-order valence-corrected chi connectivity index (χ1v) is 6.87. The van der Waals surface area contributed by atoms with Gasteiger partial charge < -0.3 is 4.90 Å². The third kappa shape index (κ3) is 2.42. The molecule has 0 aliphatic heterocycles. The van der Waals surface area contributed by atoms with Crippen LogP contribution < -0.4 is 4.90 Å². The average Bonchev–Trinajstić information content (AvgIpc) is 2.79. The SMILES string of the molecule is Cc1cc2c(N(C)Cc3ccncc3)ncnc2s1. The highest BCUT2D eigenvalue weighted by Gasteiger charge is 2.11. The van der Waals surface area contributed by atoms with Crippen molar-refractivity contribution >= 4 is 27.4 Å². The molecule has 3 aromatic heterocycles. The molecule has 4 nitrogen and oxygen atoms in total. The van der Waals surface area contributed by atoms with Crippen molar-refractivity contribution in [1.29, 1.82) is 0 Å². The van der Waals surface area contributed by atoms with Crippen LogP contribution in [0.25, 0.3) is 10.2 Å². The summed E-state index contributed by atoms with van der Waals surface area (Å²) < 4.78 is 0. The van der Waals surface area contributed by atoms with Crippen molar-refractivity contribution < 1.29 is 0 Å². The molecule has 0 N–H and O–H groups in total. The zero-order valence-corrected chi connectivity index (χ0v) is 11.7. The average molecular weight is 270 g/mol. The van der Waals surface area contributed by atoms with Crippen LogP contribution in [0.4, 0.5) is 5.82 Å². The van der Waals surface area contributed by atoms with Crippen LogP contribution in [0.3, 0.4) is 0 Å². The van der Waals surface area contributed by atoms with E-state index in [0.29, 0.717) is 0 Å². The third-order valence-electron chi connectivity index (χ3n) is 2.96. The first-order chi connectivity index (χ1) is 9.24. The first kappa shape index (κ1) is 12.0. The fourth-order valence-electron chi connectivity index (χ4n) is 2.10. The van der Waals surface area contributed by atoms with Crippen molar-refractivity contribution in [3.63, 3.8) is 0 Å². The van der Waals surface area contributed by atoms with Crippen molar-refractivity contribution in [2.45, 2.75) is 13.5 Å². The van der Waals surface area contributed by atoms with Gasteiger partial charge in [0.2, 0.25) is 0 Å². The number of nitrogens with zero attached hydrogens (tertiary/aromatic N) is 4. The fourth-order valence-corrected chi connectivity index (χ4v) is 2.95. The Morgan fingerprint density at radius 2 is 2.00 bits per heavy atom. The lowest BCUT2D eigenvalue weighted by Crippen LogP contribution is -2.17. The molecule has 0 amide bonds. The van der Waals surface area contributed by atoms with Crippen molar-refractivity contribution in [2.75, 3.05) is 11.9 Å². The van der Waals surface area contributed by atoms with Crippen LogP contribution in [0.15, 0.2) is 36.9 Å². The maximum Gasteiger partial charge on any atom is 0.140 e. The molecule has 0 aliphatic carbocycles. The Labute approximate surface area is 115 Å². The molecule has 5 heteroatoms. The Morgan fingerprint density at radius 3 is 2.79 bits per heavy atom. The highest BCUT2D eigenvalue weighted by atomic mass is 32.1. The van der Waals surface area contributed by atoms with Crippen LogP contribution in [0, 0.1) is 6.92 Å². The minimum atomic E-state index is 0.809. The van der Waals surface area contributed by atoms with E-state index in [4.69, 9.17) is 0 Å². The van der Waals surface area contributed by atoms with Crippen molar-refractivity contribution in [3.8, 4) is 0 Å². The van der Waals surface area contributed by atoms with Gasteiger partial charge in [0.15, 0.2) is 0 Å². The molecule has 0 bridgehead atoms. The highest BCUT2D eigenvalue weighted by molar-refractivity contribution is 7.18. The van der Waals surface area contributed by atoms with E-state index in [1.54, 1.807) is 17.7 Å². The smallest absolute Gasteiger partial charge is 0.140 e. The zero-order chi connectivity index (χ0) is 13.2. The maximum atomic E-state index is 4.42. The molecule has 0 saturated carbocycles. The van der Waals surface area contributed by atoms with Gasteiger partial charge in [-0.2, -0.15) is 0 Å². The molecule has 19 heavy (non-hydrogen) atoms. The number of hydrogen-bond acceptors (Lipinski definition) is 5. The summed E-state index contributed by atoms with van der Waals surface area (Å²) in [6.45, 7) is 2.91. The van der Waals surface area contributed by atoms with Gasteiger partial charge in [-0.05, 0) is 30.7 Å². The maximum absolute atomic E-state index is 4.42. The summed E-state index contributed by atoms with van der Waals surface area (Å²) in [4.78, 5) is 17.2. The molecule has 3 aromatic rings. The van der Waals surface area contributed by atoms with Crippen LogP contribution in [0.1, 0.15) is 10.4 Å². The second-order valence-corrected chi connectivity index (χ2v) is 5.72. The van der Waals surface area contributed by atoms with E-state index < -0.39 is 0 Å². The largest absolute Gasteiger partial charge is 0.355 e. The van der Waals surface area contributed by atoms with E-state index >= 15 is 0 Å². The Hall–Kier alpha value is -2.01. The van der Waals surface area contributed by atoms with Gasteiger partial charge in [-0.1, -0.05) is 0 Å². The van der Waals surface area contributed by atoms with E-state index in [2.05, 4.69) is 39.9 Å². The number of rotatable bonds is 3. The summed E-state index contributed by atoms with van der Waals surface area (Å²) in [5.74, 6) is 0.978. The van der Waals surface area contributed by atoms with E-state index in [0.717, 1.165) is 22.6 Å². The van der Waals surface area contributed by atoms with Gasteiger partial charge in [-0.3, -0.25) is 4.98 Å². The summed E-state index contributed by atoms with van der Waals surface area (Å²) in [5.41, 5.74) is 1.22. The van der Waals surface area contributed by atoms with Gasteiger partial charge >= 0.3 is 0 Å². The Kier molecular flexibility index (Phi) is 3.13. The van der Waals surface area contributed by atoms with Gasteiger partial charge in [-0.15, -0.1) is 11.3 Å². The summed E-state index contributed by atoms with van der Waals surface area (Å²) >= 11 is 1.70. The van der Waals surface area contributed by atoms with Gasteiger partial charge in [0, 0.05) is 30.9 Å². The number of aromatic nitrogens is 3. The lowest BCUT2D eigenvalue weighted by atomic mass is 10.2. The first-order valence-electron chi connectivity index (χ1n) is 6.05. The number of pyridine rings is 1. The van der Waals surface area contributed by atoms with Gasteiger partial charge in [0.25, 0.3) is 0 Å². The molecule has 0 fully saturated rings. The van der Waals surface area contributed by atoms with E-state index in [-0.39, 0.29) is 0 Å². The molecule has 96 valence electrons. The topological polar surface area (TPSA) is 41.9 Å². The van der Waals surface area contributed by atoms with Crippen LogP contribution in [-0.2, 0) is 6.54 Å². The monoisotopic (exact) mass is 270 g/mol. The lowest BCUT2D eigenvalue weighted by molar-refractivity contribution is 0.898. The zero-order valence-electron chi connectivity index (χ0n) is 10.9. The third-order valence-corrected chi connectivity index (χ3v) is 3.92. The number of aryl methyl sites for hydroxylation is 1. The summed E-state index contributed by atoms with van der Waals surface area (Å²) in [6.07, 6.45) is 5.26. The fraction of sp³-hybridized carbons (Fsp3) is 0.214. The van der Waals surface area contributed by atoms with Gasteiger partial charge in [0.05, 0.1) is 5.39 Å². The lowest BCUT2D eigenvalue weighted by Gasteiger charge is -2.18. The Morgan fingerprint density at radius 1 is 1.21 bits per heavy atom. The van der Waals surface area contributed by atoms with Crippen molar-refractivity contribution in [3.05, 3.63) is 47.4 Å². The van der Waals surface area contributed by atoms with Crippen molar-refractivity contribution in [2.24, 2.45) is 0 Å². The quantitative estimate of drug-likeness (QED) is 0.733. The summed E-state index contributed by atoms with van der Waals surface area (Å²) in [6, 6.07) is 6.19. The van der Waals surface area contributed by atoms with E-state index in [1.807, 2.05) is 24.5 Å². The molecule has 0 atom stereocenters. The normalized spacial score (nSPS) is 10.8. The molecule has 3 rings (SSSR count). The number of fused-ring (bicyclic) bond motifs is 1. The highest BCUT2D eigenvalue weighted by Crippen LogP contribution is 2.29. The molecule has 0 radical (unpaired) electrons. The van der Waals surface area contributed by atoms with Crippen LogP contribution in [0.2, 0.25) is 0 Å². The number of thiophene rings is 1. The van der Waals surface area contributed by atoms with Crippen molar-refractivity contribution in [1.82, 2.24) is 15.0 Å². The molecule has 0 aliphatic rings. The molecule has 3 heterocycles. The van der Waals surface area contributed by atoms with E-state index in [1.165, 1.54) is 10.4 Å². The molecule has 0 spiro atoms. The molecule has 0 unspecified atom stereocenters. The van der Waals surface area contributed by atoms with E-state index in [9.17, 15) is 0 Å². The number of hydrogen-bond donors (Lipinski definition) is 0. The van der Waals surface area contributed by atoms with Crippen LogP contribution >= 0.6 is 11.3 Å².